The molecule has 0 aromatic heterocycles. The fraction of sp³-hybridized carbons (Fsp3) is 0.800. The molecule has 0 aliphatic rings. The van der Waals surface area contributed by atoms with Crippen LogP contribution in [0.25, 0.3) is 0 Å². The first kappa shape index (κ1) is 12.0. The first-order valence-electron chi connectivity index (χ1n) is 2.54. The molecule has 0 spiro atoms. The standard InChI is InChI=1S/C5H11NOS.ClH/c1-4(3-6)8-5(2)7;/h4H,3,6H2,1-2H3;1H. The highest BCUT2D eigenvalue weighted by Gasteiger charge is 2.00. The van der Waals surface area contributed by atoms with Crippen molar-refractivity contribution in [1.82, 2.24) is 0 Å². The third kappa shape index (κ3) is 8.27. The zero-order valence-electron chi connectivity index (χ0n) is 5.59. The van der Waals surface area contributed by atoms with E-state index < -0.39 is 0 Å². The summed E-state index contributed by atoms with van der Waals surface area (Å²) in [6.45, 7) is 4.06. The van der Waals surface area contributed by atoms with Crippen LogP contribution in [0.3, 0.4) is 0 Å². The number of rotatable bonds is 2. The summed E-state index contributed by atoms with van der Waals surface area (Å²) in [5.74, 6) is 0. The lowest BCUT2D eigenvalue weighted by molar-refractivity contribution is -0.109. The highest BCUT2D eigenvalue weighted by Crippen LogP contribution is 2.08. The van der Waals surface area contributed by atoms with Gasteiger partial charge in [-0.3, -0.25) is 4.79 Å². The number of nitrogens with two attached hydrogens (primary N) is 1. The molecule has 0 saturated heterocycles. The predicted molar refractivity (Wildman–Crippen MR) is 44.0 cm³/mol. The van der Waals surface area contributed by atoms with Crippen molar-refractivity contribution in [3.05, 3.63) is 0 Å². The molecule has 1 unspecified atom stereocenters. The van der Waals surface area contributed by atoms with E-state index in [2.05, 4.69) is 0 Å². The summed E-state index contributed by atoms with van der Waals surface area (Å²) in [4.78, 5) is 10.3. The van der Waals surface area contributed by atoms with E-state index in [0.29, 0.717) is 6.54 Å². The second kappa shape index (κ2) is 6.39. The molecule has 0 aromatic carbocycles. The molecule has 0 aromatic rings. The maximum Gasteiger partial charge on any atom is 0.186 e. The molecular formula is C5H12ClNOS. The lowest BCUT2D eigenvalue weighted by Crippen LogP contribution is -2.13. The average Bonchev–Trinajstić information content (AvgIpc) is 1.65. The Hall–Kier alpha value is 0.270. The quantitative estimate of drug-likeness (QED) is 0.672. The molecule has 1 atom stereocenters. The molecule has 4 heteroatoms. The van der Waals surface area contributed by atoms with E-state index in [1.165, 1.54) is 11.8 Å². The van der Waals surface area contributed by atoms with E-state index in [1.54, 1.807) is 6.92 Å². The monoisotopic (exact) mass is 169 g/mol. The van der Waals surface area contributed by atoms with Gasteiger partial charge in [-0.2, -0.15) is 0 Å². The van der Waals surface area contributed by atoms with E-state index in [0.717, 1.165) is 0 Å². The van der Waals surface area contributed by atoms with Gasteiger partial charge in [0.1, 0.15) is 0 Å². The van der Waals surface area contributed by atoms with Crippen LogP contribution >= 0.6 is 24.2 Å². The van der Waals surface area contributed by atoms with Gasteiger partial charge in [0.2, 0.25) is 0 Å². The number of hydrogen-bond donors (Lipinski definition) is 1. The van der Waals surface area contributed by atoms with E-state index >= 15 is 0 Å². The molecular weight excluding hydrogens is 158 g/mol. The van der Waals surface area contributed by atoms with Crippen molar-refractivity contribution < 1.29 is 4.79 Å². The molecule has 0 heterocycles. The van der Waals surface area contributed by atoms with Crippen LogP contribution in [0.4, 0.5) is 0 Å². The Morgan fingerprint density at radius 3 is 2.33 bits per heavy atom. The number of thioether (sulfide) groups is 1. The molecule has 0 saturated carbocycles. The van der Waals surface area contributed by atoms with E-state index in [9.17, 15) is 4.79 Å². The first-order valence-corrected chi connectivity index (χ1v) is 3.42. The smallest absolute Gasteiger partial charge is 0.186 e. The molecule has 9 heavy (non-hydrogen) atoms. The molecule has 0 amide bonds. The number of halogens is 1. The lowest BCUT2D eigenvalue weighted by atomic mass is 10.5. The molecule has 0 bridgehead atoms. The fourth-order valence-corrected chi connectivity index (χ4v) is 0.994. The Bertz CT molecular complexity index is 89.0. The summed E-state index contributed by atoms with van der Waals surface area (Å²) < 4.78 is 0. The van der Waals surface area contributed by atoms with Gasteiger partial charge < -0.3 is 5.73 Å². The second-order valence-electron chi connectivity index (χ2n) is 1.66. The van der Waals surface area contributed by atoms with Gasteiger partial charge in [-0.05, 0) is 0 Å². The van der Waals surface area contributed by atoms with Crippen molar-refractivity contribution in [2.45, 2.75) is 19.1 Å². The zero-order chi connectivity index (χ0) is 6.57. The fourth-order valence-electron chi connectivity index (χ4n) is 0.331. The molecule has 0 fully saturated rings. The maximum atomic E-state index is 10.3. The summed E-state index contributed by atoms with van der Waals surface area (Å²) >= 11 is 1.29. The van der Waals surface area contributed by atoms with Gasteiger partial charge in [-0.25, -0.2) is 0 Å². The Labute approximate surface area is 66.0 Å². The van der Waals surface area contributed by atoms with E-state index in [1.807, 2.05) is 6.92 Å². The minimum absolute atomic E-state index is 0. The van der Waals surface area contributed by atoms with Gasteiger partial charge in [-0.15, -0.1) is 12.4 Å². The highest BCUT2D eigenvalue weighted by molar-refractivity contribution is 8.14. The summed E-state index contributed by atoms with van der Waals surface area (Å²) in [6.07, 6.45) is 0. The van der Waals surface area contributed by atoms with Crippen molar-refractivity contribution in [1.29, 1.82) is 0 Å². The van der Waals surface area contributed by atoms with Gasteiger partial charge >= 0.3 is 0 Å². The third-order valence-corrected chi connectivity index (χ3v) is 1.63. The molecule has 0 rings (SSSR count). The topological polar surface area (TPSA) is 43.1 Å². The summed E-state index contributed by atoms with van der Waals surface area (Å²) in [7, 11) is 0. The predicted octanol–water partition coefficient (Wildman–Crippen LogP) is 1.04. The first-order chi connectivity index (χ1) is 3.66. The van der Waals surface area contributed by atoms with E-state index in [-0.39, 0.29) is 22.8 Å². The number of carbonyl (C=O) groups excluding carboxylic acids is 1. The van der Waals surface area contributed by atoms with Crippen LogP contribution in [0.15, 0.2) is 0 Å². The summed E-state index contributed by atoms with van der Waals surface area (Å²) in [5, 5.41) is 0.412. The maximum absolute atomic E-state index is 10.3. The molecule has 56 valence electrons. The van der Waals surface area contributed by atoms with Gasteiger partial charge in [0, 0.05) is 18.7 Å². The zero-order valence-corrected chi connectivity index (χ0v) is 7.22. The van der Waals surface area contributed by atoms with Gasteiger partial charge in [0.05, 0.1) is 0 Å². The molecule has 0 aliphatic heterocycles. The Kier molecular flexibility index (Phi) is 8.52. The van der Waals surface area contributed by atoms with Crippen molar-refractivity contribution in [3.63, 3.8) is 0 Å². The number of carbonyl (C=O) groups is 1. The van der Waals surface area contributed by atoms with Crippen molar-refractivity contribution in [2.24, 2.45) is 5.73 Å². The van der Waals surface area contributed by atoms with Gasteiger partial charge in [0.25, 0.3) is 0 Å². The van der Waals surface area contributed by atoms with Crippen LogP contribution in [0.1, 0.15) is 13.8 Å². The van der Waals surface area contributed by atoms with Crippen LogP contribution in [0.5, 0.6) is 0 Å². The second-order valence-corrected chi connectivity index (χ2v) is 3.27. The lowest BCUT2D eigenvalue weighted by Gasteiger charge is -2.01. The minimum atomic E-state index is 0. The van der Waals surface area contributed by atoms with Crippen LogP contribution in [0.2, 0.25) is 0 Å². The Balaban J connectivity index is 0. The summed E-state index contributed by atoms with van der Waals surface area (Å²) in [6, 6.07) is 0. The summed E-state index contributed by atoms with van der Waals surface area (Å²) in [5.41, 5.74) is 5.25. The minimum Gasteiger partial charge on any atom is -0.329 e. The molecule has 2 nitrogen and oxygen atoms in total. The van der Waals surface area contributed by atoms with E-state index in [4.69, 9.17) is 5.73 Å². The van der Waals surface area contributed by atoms with Gasteiger partial charge in [0.15, 0.2) is 5.12 Å². The van der Waals surface area contributed by atoms with Crippen molar-refractivity contribution in [3.8, 4) is 0 Å². The molecule has 0 radical (unpaired) electrons. The van der Waals surface area contributed by atoms with Crippen LogP contribution in [-0.2, 0) is 4.79 Å². The normalized spacial score (nSPS) is 11.9. The average molecular weight is 170 g/mol. The number of hydrogen-bond acceptors (Lipinski definition) is 3. The Morgan fingerprint density at radius 2 is 2.22 bits per heavy atom. The largest absolute Gasteiger partial charge is 0.329 e. The molecule has 0 aliphatic carbocycles. The van der Waals surface area contributed by atoms with Crippen LogP contribution < -0.4 is 5.73 Å². The Morgan fingerprint density at radius 1 is 1.78 bits per heavy atom. The molecule has 2 N–H and O–H groups in total. The van der Waals surface area contributed by atoms with Crippen molar-refractivity contribution >= 4 is 29.3 Å². The highest BCUT2D eigenvalue weighted by atomic mass is 35.5. The third-order valence-electron chi connectivity index (χ3n) is 0.699. The van der Waals surface area contributed by atoms with Gasteiger partial charge in [-0.1, -0.05) is 18.7 Å². The van der Waals surface area contributed by atoms with Crippen LogP contribution in [-0.4, -0.2) is 16.9 Å². The SMILES string of the molecule is CC(=O)SC(C)CN.Cl. The van der Waals surface area contributed by atoms with Crippen molar-refractivity contribution in [2.75, 3.05) is 6.54 Å². The van der Waals surface area contributed by atoms with Crippen LogP contribution in [0, 0.1) is 0 Å².